The van der Waals surface area contributed by atoms with Crippen LogP contribution in [0.25, 0.3) is 0 Å². The van der Waals surface area contributed by atoms with Crippen molar-refractivity contribution in [3.8, 4) is 0 Å². The van der Waals surface area contributed by atoms with E-state index in [1.807, 2.05) is 18.2 Å². The third kappa shape index (κ3) is 1.25. The molecule has 11 heavy (non-hydrogen) atoms. The minimum Gasteiger partial charge on any atom is -0.268 e. The summed E-state index contributed by atoms with van der Waals surface area (Å²) < 4.78 is 0. The molecule has 0 bridgehead atoms. The summed E-state index contributed by atoms with van der Waals surface area (Å²) in [7, 11) is 0. The van der Waals surface area contributed by atoms with E-state index >= 15 is 0 Å². The van der Waals surface area contributed by atoms with Crippen molar-refractivity contribution >= 4 is 11.6 Å². The first kappa shape index (κ1) is 7.10. The van der Waals surface area contributed by atoms with Gasteiger partial charge in [0.05, 0.1) is 0 Å². The number of fused-ring (bicyclic) bond motifs is 1. The van der Waals surface area contributed by atoms with Gasteiger partial charge in [0.2, 0.25) is 0 Å². The normalized spacial score (nSPS) is 16.9. The molecule has 0 atom stereocenters. The fraction of sp³-hybridized carbons (Fsp3) is 0.250. The average molecular weight is 169 g/mol. The van der Waals surface area contributed by atoms with Crippen molar-refractivity contribution in [2.24, 2.45) is 5.84 Å². The predicted molar refractivity (Wildman–Crippen MR) is 44.9 cm³/mol. The van der Waals surface area contributed by atoms with Gasteiger partial charge in [0.25, 0.3) is 0 Å². The number of rotatable bonds is 0. The molecule has 0 saturated heterocycles. The molecule has 0 amide bonds. The van der Waals surface area contributed by atoms with Crippen molar-refractivity contribution in [3.05, 3.63) is 34.3 Å². The van der Waals surface area contributed by atoms with Crippen LogP contribution in [-0.2, 0) is 13.1 Å². The van der Waals surface area contributed by atoms with E-state index in [0.717, 1.165) is 18.1 Å². The van der Waals surface area contributed by atoms with Gasteiger partial charge >= 0.3 is 0 Å². The second-order valence-electron chi connectivity index (χ2n) is 2.82. The maximum absolute atomic E-state index is 5.81. The quantitative estimate of drug-likeness (QED) is 0.596. The Morgan fingerprint density at radius 3 is 2.82 bits per heavy atom. The molecule has 0 spiro atoms. The molecule has 1 aliphatic heterocycles. The molecule has 3 heteroatoms. The molecule has 2 nitrogen and oxygen atoms in total. The zero-order chi connectivity index (χ0) is 7.84. The first-order valence-corrected chi connectivity index (χ1v) is 3.90. The van der Waals surface area contributed by atoms with Crippen LogP contribution in [0.1, 0.15) is 11.1 Å². The Bertz CT molecular complexity index is 285. The zero-order valence-electron chi connectivity index (χ0n) is 6.05. The highest BCUT2D eigenvalue weighted by Gasteiger charge is 2.15. The van der Waals surface area contributed by atoms with Crippen LogP contribution in [-0.4, -0.2) is 5.01 Å². The van der Waals surface area contributed by atoms with E-state index in [2.05, 4.69) is 0 Å². The molecule has 1 heterocycles. The van der Waals surface area contributed by atoms with Crippen LogP contribution in [0.4, 0.5) is 0 Å². The van der Waals surface area contributed by atoms with Gasteiger partial charge in [0.15, 0.2) is 0 Å². The molecule has 2 rings (SSSR count). The SMILES string of the molecule is NN1Cc2ccc(Cl)cc2C1. The molecule has 1 aliphatic rings. The van der Waals surface area contributed by atoms with Crippen molar-refractivity contribution in [2.45, 2.75) is 13.1 Å². The van der Waals surface area contributed by atoms with E-state index in [0.29, 0.717) is 0 Å². The second kappa shape index (κ2) is 2.48. The lowest BCUT2D eigenvalue weighted by atomic mass is 10.1. The third-order valence-corrected chi connectivity index (χ3v) is 2.15. The van der Waals surface area contributed by atoms with Crippen molar-refractivity contribution in [3.63, 3.8) is 0 Å². The predicted octanol–water partition coefficient (Wildman–Crippen LogP) is 1.53. The largest absolute Gasteiger partial charge is 0.268 e. The number of nitrogens with two attached hydrogens (primary N) is 1. The van der Waals surface area contributed by atoms with Gasteiger partial charge in [-0.15, -0.1) is 0 Å². The molecule has 1 aromatic rings. The van der Waals surface area contributed by atoms with Gasteiger partial charge < -0.3 is 0 Å². The fourth-order valence-corrected chi connectivity index (χ4v) is 1.58. The third-order valence-electron chi connectivity index (χ3n) is 1.92. The lowest BCUT2D eigenvalue weighted by Gasteiger charge is -2.02. The van der Waals surface area contributed by atoms with Gasteiger partial charge in [-0.2, -0.15) is 0 Å². The van der Waals surface area contributed by atoms with Gasteiger partial charge in [0.1, 0.15) is 0 Å². The molecule has 0 radical (unpaired) electrons. The number of hydrogen-bond acceptors (Lipinski definition) is 2. The first-order valence-electron chi connectivity index (χ1n) is 3.52. The topological polar surface area (TPSA) is 29.3 Å². The smallest absolute Gasteiger partial charge is 0.0409 e. The zero-order valence-corrected chi connectivity index (χ0v) is 6.80. The van der Waals surface area contributed by atoms with Gasteiger partial charge in [-0.25, -0.2) is 5.01 Å². The van der Waals surface area contributed by atoms with Crippen molar-refractivity contribution in [2.75, 3.05) is 0 Å². The van der Waals surface area contributed by atoms with Gasteiger partial charge in [-0.1, -0.05) is 17.7 Å². The fourth-order valence-electron chi connectivity index (χ4n) is 1.39. The molecule has 0 fully saturated rings. The Labute approximate surface area is 70.5 Å². The Kier molecular flexibility index (Phi) is 1.60. The van der Waals surface area contributed by atoms with Crippen LogP contribution < -0.4 is 5.84 Å². The molecule has 58 valence electrons. The average Bonchev–Trinajstić information content (AvgIpc) is 2.27. The summed E-state index contributed by atoms with van der Waals surface area (Å²) in [6, 6.07) is 5.91. The van der Waals surface area contributed by atoms with Crippen LogP contribution in [0.2, 0.25) is 5.02 Å². The Balaban J connectivity index is 2.43. The summed E-state index contributed by atoms with van der Waals surface area (Å²) in [5.74, 6) is 5.63. The molecule has 0 aromatic heterocycles. The minimum absolute atomic E-state index is 0.791. The van der Waals surface area contributed by atoms with Gasteiger partial charge in [-0.05, 0) is 23.3 Å². The van der Waals surface area contributed by atoms with Crippen LogP contribution in [0, 0.1) is 0 Å². The lowest BCUT2D eigenvalue weighted by Crippen LogP contribution is -2.23. The van der Waals surface area contributed by atoms with Crippen molar-refractivity contribution < 1.29 is 0 Å². The van der Waals surface area contributed by atoms with Crippen molar-refractivity contribution in [1.82, 2.24) is 5.01 Å². The maximum Gasteiger partial charge on any atom is 0.0409 e. The highest BCUT2D eigenvalue weighted by molar-refractivity contribution is 6.30. The summed E-state index contributed by atoms with van der Waals surface area (Å²) in [5, 5.41) is 2.57. The van der Waals surface area contributed by atoms with E-state index in [9.17, 15) is 0 Å². The minimum atomic E-state index is 0.791. The van der Waals surface area contributed by atoms with E-state index in [1.54, 1.807) is 5.01 Å². The monoisotopic (exact) mass is 168 g/mol. The summed E-state index contributed by atoms with van der Waals surface area (Å²) in [6.45, 7) is 1.66. The summed E-state index contributed by atoms with van der Waals surface area (Å²) >= 11 is 5.81. The number of benzene rings is 1. The first-order chi connectivity index (χ1) is 5.25. The van der Waals surface area contributed by atoms with Gasteiger partial charge in [0, 0.05) is 18.1 Å². The Morgan fingerprint density at radius 1 is 1.27 bits per heavy atom. The second-order valence-corrected chi connectivity index (χ2v) is 3.25. The van der Waals surface area contributed by atoms with E-state index in [4.69, 9.17) is 17.4 Å². The Hall–Kier alpha value is -0.570. The number of halogens is 1. The van der Waals surface area contributed by atoms with E-state index in [1.165, 1.54) is 11.1 Å². The summed E-state index contributed by atoms with van der Waals surface area (Å²) in [6.07, 6.45) is 0. The van der Waals surface area contributed by atoms with E-state index < -0.39 is 0 Å². The Morgan fingerprint density at radius 2 is 2.00 bits per heavy atom. The number of nitrogens with zero attached hydrogens (tertiary/aromatic N) is 1. The molecular formula is C8H9ClN2. The van der Waals surface area contributed by atoms with Crippen LogP contribution in [0.15, 0.2) is 18.2 Å². The van der Waals surface area contributed by atoms with Crippen LogP contribution in [0.5, 0.6) is 0 Å². The molecule has 0 saturated carbocycles. The molecule has 0 unspecified atom stereocenters. The summed E-state index contributed by atoms with van der Waals surface area (Å²) in [5.41, 5.74) is 2.54. The number of hydrogen-bond donors (Lipinski definition) is 1. The standard InChI is InChI=1S/C8H9ClN2/c9-8-2-1-6-4-11(10)5-7(6)3-8/h1-3H,4-5,10H2. The summed E-state index contributed by atoms with van der Waals surface area (Å²) in [4.78, 5) is 0. The van der Waals surface area contributed by atoms with Gasteiger partial charge in [-0.3, -0.25) is 5.84 Å². The molecule has 0 aliphatic carbocycles. The van der Waals surface area contributed by atoms with Crippen molar-refractivity contribution in [1.29, 1.82) is 0 Å². The van der Waals surface area contributed by atoms with E-state index in [-0.39, 0.29) is 0 Å². The molecule has 1 aromatic carbocycles. The highest BCUT2D eigenvalue weighted by Crippen LogP contribution is 2.23. The molecular weight excluding hydrogens is 160 g/mol. The number of hydrazine groups is 1. The molecule has 2 N–H and O–H groups in total. The maximum atomic E-state index is 5.81. The van der Waals surface area contributed by atoms with Crippen LogP contribution >= 0.6 is 11.6 Å². The van der Waals surface area contributed by atoms with Crippen LogP contribution in [0.3, 0.4) is 0 Å². The highest BCUT2D eigenvalue weighted by atomic mass is 35.5. The lowest BCUT2D eigenvalue weighted by molar-refractivity contribution is 0.295.